The van der Waals surface area contributed by atoms with Gasteiger partial charge in [0.1, 0.15) is 0 Å². The standard InChI is InChI=1S/C11H13BrFNO2S/c1-6(17-2)5-14-8-4-3-7(11(15)16)9(12)10(8)13/h3-4,6,14H,5H2,1-2H3,(H,15,16). The highest BCUT2D eigenvalue weighted by molar-refractivity contribution is 9.10. The van der Waals surface area contributed by atoms with Crippen LogP contribution in [0.15, 0.2) is 16.6 Å². The van der Waals surface area contributed by atoms with E-state index in [1.54, 1.807) is 11.8 Å². The van der Waals surface area contributed by atoms with Crippen LogP contribution in [0.4, 0.5) is 10.1 Å². The summed E-state index contributed by atoms with van der Waals surface area (Å²) in [5.74, 6) is -1.72. The van der Waals surface area contributed by atoms with E-state index in [-0.39, 0.29) is 10.0 Å². The van der Waals surface area contributed by atoms with Crippen LogP contribution >= 0.6 is 27.7 Å². The molecule has 94 valence electrons. The predicted octanol–water partition coefficient (Wildman–Crippen LogP) is 3.45. The van der Waals surface area contributed by atoms with E-state index in [0.29, 0.717) is 17.5 Å². The van der Waals surface area contributed by atoms with Crippen molar-refractivity contribution in [3.8, 4) is 0 Å². The molecule has 0 heterocycles. The summed E-state index contributed by atoms with van der Waals surface area (Å²) >= 11 is 4.63. The first-order chi connectivity index (χ1) is 7.97. The fraction of sp³-hybridized carbons (Fsp3) is 0.364. The summed E-state index contributed by atoms with van der Waals surface area (Å²) in [5, 5.41) is 12.1. The van der Waals surface area contributed by atoms with Crippen molar-refractivity contribution < 1.29 is 14.3 Å². The van der Waals surface area contributed by atoms with E-state index in [1.807, 2.05) is 13.2 Å². The number of carbonyl (C=O) groups is 1. The molecule has 2 N–H and O–H groups in total. The Hall–Kier alpha value is -0.750. The van der Waals surface area contributed by atoms with E-state index in [0.717, 1.165) is 0 Å². The Labute approximate surface area is 112 Å². The molecule has 0 aliphatic carbocycles. The molecule has 0 saturated carbocycles. The van der Waals surface area contributed by atoms with Crippen molar-refractivity contribution >= 4 is 39.3 Å². The topological polar surface area (TPSA) is 49.3 Å². The van der Waals surface area contributed by atoms with Crippen LogP contribution in [0, 0.1) is 5.82 Å². The normalized spacial score (nSPS) is 12.2. The molecule has 0 aromatic heterocycles. The summed E-state index contributed by atoms with van der Waals surface area (Å²) in [6, 6.07) is 2.82. The molecule has 6 heteroatoms. The maximum Gasteiger partial charge on any atom is 0.336 e. The van der Waals surface area contributed by atoms with Crippen molar-refractivity contribution in [3.05, 3.63) is 28.0 Å². The van der Waals surface area contributed by atoms with Crippen LogP contribution in [0.5, 0.6) is 0 Å². The molecular weight excluding hydrogens is 309 g/mol. The van der Waals surface area contributed by atoms with Crippen LogP contribution in [-0.2, 0) is 0 Å². The minimum Gasteiger partial charge on any atom is -0.478 e. The lowest BCUT2D eigenvalue weighted by molar-refractivity contribution is 0.0695. The van der Waals surface area contributed by atoms with E-state index >= 15 is 0 Å². The van der Waals surface area contributed by atoms with Gasteiger partial charge < -0.3 is 10.4 Å². The van der Waals surface area contributed by atoms with Gasteiger partial charge >= 0.3 is 5.97 Å². The third-order valence-electron chi connectivity index (χ3n) is 2.30. The number of rotatable bonds is 5. The van der Waals surface area contributed by atoms with Crippen LogP contribution in [0.3, 0.4) is 0 Å². The molecule has 1 unspecified atom stereocenters. The molecule has 1 rings (SSSR count). The van der Waals surface area contributed by atoms with E-state index in [1.165, 1.54) is 12.1 Å². The molecule has 1 aromatic carbocycles. The van der Waals surface area contributed by atoms with Gasteiger partial charge in [-0.1, -0.05) is 6.92 Å². The molecule has 3 nitrogen and oxygen atoms in total. The minimum absolute atomic E-state index is 0.0215. The molecule has 1 aromatic rings. The predicted molar refractivity (Wildman–Crippen MR) is 72.5 cm³/mol. The number of thioether (sulfide) groups is 1. The fourth-order valence-electron chi connectivity index (χ4n) is 1.19. The quantitative estimate of drug-likeness (QED) is 0.872. The van der Waals surface area contributed by atoms with Crippen molar-refractivity contribution in [1.82, 2.24) is 0 Å². The summed E-state index contributed by atoms with van der Waals surface area (Å²) in [6.45, 7) is 2.65. The van der Waals surface area contributed by atoms with E-state index in [2.05, 4.69) is 21.2 Å². The second kappa shape index (κ2) is 6.26. The summed E-state index contributed by atoms with van der Waals surface area (Å²) < 4.78 is 13.8. The molecule has 17 heavy (non-hydrogen) atoms. The number of carboxylic acid groups (broad SMARTS) is 1. The maximum absolute atomic E-state index is 13.8. The molecular formula is C11H13BrFNO2S. The van der Waals surface area contributed by atoms with Gasteiger partial charge in [-0.3, -0.25) is 0 Å². The Morgan fingerprint density at radius 2 is 2.29 bits per heavy atom. The summed E-state index contributed by atoms with van der Waals surface area (Å²) in [7, 11) is 0. The lowest BCUT2D eigenvalue weighted by Crippen LogP contribution is -2.14. The average Bonchev–Trinajstić information content (AvgIpc) is 2.30. The van der Waals surface area contributed by atoms with E-state index in [9.17, 15) is 9.18 Å². The van der Waals surface area contributed by atoms with Crippen molar-refractivity contribution in [2.45, 2.75) is 12.2 Å². The Kier molecular flexibility index (Phi) is 5.27. The Morgan fingerprint density at radius 1 is 1.65 bits per heavy atom. The van der Waals surface area contributed by atoms with Gasteiger partial charge in [0.05, 0.1) is 15.7 Å². The van der Waals surface area contributed by atoms with Gasteiger partial charge in [0.25, 0.3) is 0 Å². The zero-order valence-electron chi connectivity index (χ0n) is 9.46. The number of halogens is 2. The van der Waals surface area contributed by atoms with Gasteiger partial charge in [-0.2, -0.15) is 11.8 Å². The SMILES string of the molecule is CSC(C)CNc1ccc(C(=O)O)c(Br)c1F. The number of carboxylic acids is 1. The third-order valence-corrected chi connectivity index (χ3v) is 4.04. The number of hydrogen-bond acceptors (Lipinski definition) is 3. The van der Waals surface area contributed by atoms with Crippen molar-refractivity contribution in [2.75, 3.05) is 18.1 Å². The molecule has 0 bridgehead atoms. The van der Waals surface area contributed by atoms with Gasteiger partial charge in [-0.05, 0) is 34.3 Å². The molecule has 0 amide bonds. The molecule has 0 spiro atoms. The molecule has 0 aliphatic heterocycles. The first kappa shape index (κ1) is 14.3. The highest BCUT2D eigenvalue weighted by atomic mass is 79.9. The van der Waals surface area contributed by atoms with Crippen molar-refractivity contribution in [1.29, 1.82) is 0 Å². The van der Waals surface area contributed by atoms with Crippen molar-refractivity contribution in [2.24, 2.45) is 0 Å². The largest absolute Gasteiger partial charge is 0.478 e. The van der Waals surface area contributed by atoms with Crippen molar-refractivity contribution in [3.63, 3.8) is 0 Å². The van der Waals surface area contributed by atoms with Gasteiger partial charge in [0, 0.05) is 11.8 Å². The number of aromatic carboxylic acids is 1. The van der Waals surface area contributed by atoms with Crippen LogP contribution in [0.1, 0.15) is 17.3 Å². The minimum atomic E-state index is -1.15. The molecule has 0 fully saturated rings. The summed E-state index contributed by atoms with van der Waals surface area (Å²) in [5.41, 5.74) is 0.230. The van der Waals surface area contributed by atoms with E-state index < -0.39 is 11.8 Å². The number of anilines is 1. The summed E-state index contributed by atoms with van der Waals surface area (Å²) in [4.78, 5) is 10.8. The highest BCUT2D eigenvalue weighted by Gasteiger charge is 2.15. The lowest BCUT2D eigenvalue weighted by atomic mass is 10.2. The zero-order valence-corrected chi connectivity index (χ0v) is 11.9. The van der Waals surface area contributed by atoms with Gasteiger partial charge in [0.2, 0.25) is 0 Å². The van der Waals surface area contributed by atoms with Crippen LogP contribution in [0.2, 0.25) is 0 Å². The average molecular weight is 322 g/mol. The molecule has 1 atom stereocenters. The zero-order chi connectivity index (χ0) is 13.0. The lowest BCUT2D eigenvalue weighted by Gasteiger charge is -2.13. The van der Waals surface area contributed by atoms with Gasteiger partial charge in [-0.25, -0.2) is 9.18 Å². The second-order valence-corrected chi connectivity index (χ2v) is 5.59. The van der Waals surface area contributed by atoms with Crippen LogP contribution in [0.25, 0.3) is 0 Å². The monoisotopic (exact) mass is 321 g/mol. The fourth-order valence-corrected chi connectivity index (χ4v) is 1.95. The molecule has 0 aliphatic rings. The first-order valence-electron chi connectivity index (χ1n) is 4.95. The Morgan fingerprint density at radius 3 is 2.82 bits per heavy atom. The number of hydrogen-bond donors (Lipinski definition) is 2. The Bertz CT molecular complexity index is 428. The third kappa shape index (κ3) is 3.61. The first-order valence-corrected chi connectivity index (χ1v) is 7.03. The van der Waals surface area contributed by atoms with E-state index in [4.69, 9.17) is 5.11 Å². The van der Waals surface area contributed by atoms with Crippen LogP contribution in [-0.4, -0.2) is 29.1 Å². The second-order valence-electron chi connectivity index (χ2n) is 3.52. The number of nitrogens with one attached hydrogen (secondary N) is 1. The molecule has 0 saturated heterocycles. The molecule has 0 radical (unpaired) electrons. The maximum atomic E-state index is 13.8. The smallest absolute Gasteiger partial charge is 0.336 e. The van der Waals surface area contributed by atoms with Gasteiger partial charge in [-0.15, -0.1) is 0 Å². The summed E-state index contributed by atoms with van der Waals surface area (Å²) in [6.07, 6.45) is 1.98. The highest BCUT2D eigenvalue weighted by Crippen LogP contribution is 2.27. The number of benzene rings is 1. The van der Waals surface area contributed by atoms with Crippen LogP contribution < -0.4 is 5.32 Å². The van der Waals surface area contributed by atoms with Gasteiger partial charge in [0.15, 0.2) is 5.82 Å². The Balaban J connectivity index is 2.89.